The van der Waals surface area contributed by atoms with Crippen molar-refractivity contribution < 1.29 is 5.11 Å². The van der Waals surface area contributed by atoms with Gasteiger partial charge in [0.05, 0.1) is 6.10 Å². The Hall–Kier alpha value is -1.54. The molecule has 0 saturated heterocycles. The minimum atomic E-state index is -0.703. The van der Waals surface area contributed by atoms with Gasteiger partial charge in [0.2, 0.25) is 0 Å². The fraction of sp³-hybridized carbons (Fsp3) is 0.250. The van der Waals surface area contributed by atoms with Gasteiger partial charge in [-0.1, -0.05) is 53.6 Å². The summed E-state index contributed by atoms with van der Waals surface area (Å²) < 4.78 is 0. The van der Waals surface area contributed by atoms with Gasteiger partial charge in [-0.15, -0.1) is 0 Å². The Balaban J connectivity index is 2.32. The van der Waals surface area contributed by atoms with E-state index in [-0.39, 0.29) is 0 Å². The van der Waals surface area contributed by atoms with E-state index in [1.165, 1.54) is 0 Å². The molecular formula is C16H17BO. The van der Waals surface area contributed by atoms with E-state index in [1.807, 2.05) is 31.2 Å². The summed E-state index contributed by atoms with van der Waals surface area (Å²) in [5, 5.41) is 9.99. The maximum Gasteiger partial charge on any atom is 0.112 e. The summed E-state index contributed by atoms with van der Waals surface area (Å²) in [6.45, 7) is 1.91. The second-order valence-electron chi connectivity index (χ2n) is 4.56. The molecule has 0 aromatic carbocycles. The van der Waals surface area contributed by atoms with Gasteiger partial charge < -0.3 is 5.11 Å². The maximum absolute atomic E-state index is 9.99. The van der Waals surface area contributed by atoms with Gasteiger partial charge in [0.25, 0.3) is 0 Å². The zero-order chi connectivity index (χ0) is 13.0. The molecular weight excluding hydrogens is 219 g/mol. The average molecular weight is 236 g/mol. The fourth-order valence-corrected chi connectivity index (χ4v) is 2.00. The van der Waals surface area contributed by atoms with Crippen LogP contribution < -0.4 is 0 Å². The summed E-state index contributed by atoms with van der Waals surface area (Å²) in [5.41, 5.74) is 3.60. The van der Waals surface area contributed by atoms with Gasteiger partial charge in [0.1, 0.15) is 7.85 Å². The van der Waals surface area contributed by atoms with Crippen molar-refractivity contribution in [3.05, 3.63) is 70.8 Å². The van der Waals surface area contributed by atoms with E-state index >= 15 is 0 Å². The molecule has 0 saturated carbocycles. The Morgan fingerprint density at radius 2 is 1.94 bits per heavy atom. The molecule has 2 heteroatoms. The molecule has 0 amide bonds. The van der Waals surface area contributed by atoms with Crippen molar-refractivity contribution in [3.63, 3.8) is 0 Å². The van der Waals surface area contributed by atoms with Gasteiger partial charge in [-0.05, 0) is 37.0 Å². The third kappa shape index (κ3) is 3.02. The Morgan fingerprint density at radius 1 is 1.11 bits per heavy atom. The molecule has 0 aliphatic heterocycles. The van der Waals surface area contributed by atoms with Gasteiger partial charge >= 0.3 is 0 Å². The van der Waals surface area contributed by atoms with Crippen molar-refractivity contribution >= 4 is 7.85 Å². The number of hydrogen-bond donors (Lipinski definition) is 1. The highest BCUT2D eigenvalue weighted by Crippen LogP contribution is 2.23. The van der Waals surface area contributed by atoms with Gasteiger partial charge in [0.15, 0.2) is 0 Å². The van der Waals surface area contributed by atoms with Crippen molar-refractivity contribution in [3.8, 4) is 0 Å². The molecule has 0 fully saturated rings. The zero-order valence-corrected chi connectivity index (χ0v) is 10.6. The highest BCUT2D eigenvalue weighted by atomic mass is 16.3. The zero-order valence-electron chi connectivity index (χ0n) is 10.6. The average Bonchev–Trinajstić information content (AvgIpc) is 2.43. The van der Waals surface area contributed by atoms with Crippen LogP contribution in [0.5, 0.6) is 0 Å². The van der Waals surface area contributed by atoms with Crippen molar-refractivity contribution in [2.45, 2.75) is 25.9 Å². The molecule has 1 unspecified atom stereocenters. The lowest BCUT2D eigenvalue weighted by atomic mass is 9.86. The molecule has 2 aliphatic rings. The quantitative estimate of drug-likeness (QED) is 0.693. The molecule has 18 heavy (non-hydrogen) atoms. The van der Waals surface area contributed by atoms with E-state index < -0.39 is 6.10 Å². The first kappa shape index (κ1) is 12.9. The highest BCUT2D eigenvalue weighted by molar-refractivity contribution is 6.23. The first-order valence-corrected chi connectivity index (χ1v) is 6.26. The second-order valence-corrected chi connectivity index (χ2v) is 4.56. The molecule has 2 rings (SSSR count). The van der Waals surface area contributed by atoms with E-state index in [0.29, 0.717) is 5.47 Å². The highest BCUT2D eigenvalue weighted by Gasteiger charge is 2.11. The molecule has 1 N–H and O–H groups in total. The number of aliphatic hydroxyl groups is 1. The molecule has 1 atom stereocenters. The molecule has 90 valence electrons. The third-order valence-corrected chi connectivity index (χ3v) is 3.18. The third-order valence-electron chi connectivity index (χ3n) is 3.18. The van der Waals surface area contributed by atoms with Crippen molar-refractivity contribution in [2.75, 3.05) is 0 Å². The van der Waals surface area contributed by atoms with E-state index in [2.05, 4.69) is 24.3 Å². The predicted octanol–water partition coefficient (Wildman–Crippen LogP) is 3.12. The first-order valence-electron chi connectivity index (χ1n) is 6.26. The summed E-state index contributed by atoms with van der Waals surface area (Å²) in [5.74, 6) is 0. The SMILES string of the molecule is [B]C1=C(C)C=CC(C2=CCC/C=C\C=C2)=CC1O. The Kier molecular flexibility index (Phi) is 4.21. The summed E-state index contributed by atoms with van der Waals surface area (Å²) in [4.78, 5) is 0. The van der Waals surface area contributed by atoms with E-state index in [9.17, 15) is 5.11 Å². The second kappa shape index (κ2) is 5.88. The molecule has 0 aromatic heterocycles. The van der Waals surface area contributed by atoms with E-state index in [4.69, 9.17) is 7.85 Å². The van der Waals surface area contributed by atoms with Crippen molar-refractivity contribution in [1.29, 1.82) is 0 Å². The first-order chi connectivity index (χ1) is 8.68. The minimum absolute atomic E-state index is 0.525. The number of rotatable bonds is 1. The lowest BCUT2D eigenvalue weighted by molar-refractivity contribution is 0.266. The minimum Gasteiger partial charge on any atom is -0.385 e. The van der Waals surface area contributed by atoms with Gasteiger partial charge in [-0.2, -0.15) is 0 Å². The number of allylic oxidation sites excluding steroid dienone is 10. The molecule has 1 nitrogen and oxygen atoms in total. The van der Waals surface area contributed by atoms with Crippen LogP contribution in [-0.4, -0.2) is 19.1 Å². The van der Waals surface area contributed by atoms with Gasteiger partial charge in [-0.25, -0.2) is 0 Å². The lowest BCUT2D eigenvalue weighted by Gasteiger charge is -2.09. The maximum atomic E-state index is 9.99. The summed E-state index contributed by atoms with van der Waals surface area (Å²) in [6.07, 6.45) is 17.6. The van der Waals surface area contributed by atoms with Crippen LogP contribution in [-0.2, 0) is 0 Å². The van der Waals surface area contributed by atoms with Crippen LogP contribution in [0.15, 0.2) is 70.8 Å². The Labute approximate surface area is 110 Å². The summed E-state index contributed by atoms with van der Waals surface area (Å²) >= 11 is 0. The van der Waals surface area contributed by atoms with E-state index in [0.717, 1.165) is 29.6 Å². The van der Waals surface area contributed by atoms with Crippen LogP contribution in [0.1, 0.15) is 19.8 Å². The standard InChI is InChI=1S/C16H17BO/c1-12-9-10-14(11-15(18)16(12)17)13-7-5-3-2-4-6-8-13/h2-3,5,7-11,15,18H,4,6H2,1H3/b3-2-,7-5?,13-8?. The van der Waals surface area contributed by atoms with Crippen molar-refractivity contribution in [1.82, 2.24) is 0 Å². The molecule has 0 spiro atoms. The number of aliphatic hydroxyl groups excluding tert-OH is 1. The Morgan fingerprint density at radius 3 is 2.78 bits per heavy atom. The molecule has 2 radical (unpaired) electrons. The Bertz CT molecular complexity index is 501. The van der Waals surface area contributed by atoms with Gasteiger partial charge in [-0.3, -0.25) is 0 Å². The molecule has 0 bridgehead atoms. The van der Waals surface area contributed by atoms with Crippen LogP contribution in [0.3, 0.4) is 0 Å². The molecule has 0 aromatic rings. The molecule has 2 aliphatic carbocycles. The van der Waals surface area contributed by atoms with E-state index in [1.54, 1.807) is 0 Å². The van der Waals surface area contributed by atoms with Crippen LogP contribution in [0.25, 0.3) is 0 Å². The summed E-state index contributed by atoms with van der Waals surface area (Å²) in [7, 11) is 5.85. The monoisotopic (exact) mass is 236 g/mol. The predicted molar refractivity (Wildman–Crippen MR) is 77.3 cm³/mol. The van der Waals surface area contributed by atoms with Crippen LogP contribution in [0, 0.1) is 0 Å². The van der Waals surface area contributed by atoms with Crippen molar-refractivity contribution in [2.24, 2.45) is 0 Å². The van der Waals surface area contributed by atoms with Crippen LogP contribution in [0.2, 0.25) is 0 Å². The fourth-order valence-electron chi connectivity index (χ4n) is 2.00. The number of hydrogen-bond acceptors (Lipinski definition) is 1. The largest absolute Gasteiger partial charge is 0.385 e. The van der Waals surface area contributed by atoms with Gasteiger partial charge in [0, 0.05) is 0 Å². The molecule has 0 heterocycles. The van der Waals surface area contributed by atoms with Crippen LogP contribution >= 0.6 is 0 Å². The summed E-state index contributed by atoms with van der Waals surface area (Å²) in [6, 6.07) is 0. The lowest BCUT2D eigenvalue weighted by Crippen LogP contribution is -2.08. The topological polar surface area (TPSA) is 20.2 Å². The van der Waals surface area contributed by atoms with Crippen LogP contribution in [0.4, 0.5) is 0 Å². The normalized spacial score (nSPS) is 26.0. The smallest absolute Gasteiger partial charge is 0.112 e.